The van der Waals surface area contributed by atoms with E-state index in [0.717, 1.165) is 0 Å². The summed E-state index contributed by atoms with van der Waals surface area (Å²) in [5.74, 6) is 0. The van der Waals surface area contributed by atoms with Crippen LogP contribution in [0.25, 0.3) is 0 Å². The van der Waals surface area contributed by atoms with Crippen molar-refractivity contribution < 1.29 is 21.7 Å². The lowest BCUT2D eigenvalue weighted by Crippen LogP contribution is -2.35. The zero-order valence-electron chi connectivity index (χ0n) is 5.59. The van der Waals surface area contributed by atoms with Gasteiger partial charge in [-0.05, 0) is 0 Å². The molecule has 0 amide bonds. The molecule has 1 aromatic heterocycles. The second kappa shape index (κ2) is 2.76. The van der Waals surface area contributed by atoms with Crippen LogP contribution in [-0.2, 0) is 0 Å². The summed E-state index contributed by atoms with van der Waals surface area (Å²) >= 11 is 0. The predicted octanol–water partition coefficient (Wildman–Crippen LogP) is 1.33. The van der Waals surface area contributed by atoms with Gasteiger partial charge in [0.05, 0.1) is 0 Å². The van der Waals surface area contributed by atoms with Crippen molar-refractivity contribution >= 4 is 12.6 Å². The van der Waals surface area contributed by atoms with E-state index < -0.39 is 19.1 Å². The highest BCUT2D eigenvalue weighted by Crippen LogP contribution is 2.10. The molecule has 8 heteroatoms. The quantitative estimate of drug-likeness (QED) is 0.501. The van der Waals surface area contributed by atoms with E-state index in [4.69, 9.17) is 0 Å². The van der Waals surface area contributed by atoms with E-state index in [-0.39, 0.29) is 4.68 Å². The molecule has 0 radical (unpaired) electrons. The number of halogens is 5. The molecule has 68 valence electrons. The van der Waals surface area contributed by atoms with Gasteiger partial charge in [0.25, 0.3) is 0 Å². The molecule has 0 N–H and O–H groups in total. The minimum absolute atomic E-state index is 0.0371. The summed E-state index contributed by atoms with van der Waals surface area (Å²) in [4.78, 5) is 0. The van der Waals surface area contributed by atoms with Crippen molar-refractivity contribution in [3.63, 3.8) is 0 Å². The lowest BCUT2D eigenvalue weighted by Gasteiger charge is -2.09. The summed E-state index contributed by atoms with van der Waals surface area (Å²) < 4.78 is 58.8. The zero-order valence-corrected chi connectivity index (χ0v) is 5.59. The number of nitrogens with zero attached hydrogens (tertiary/aromatic N) is 2. The maximum atomic E-state index is 11.8. The summed E-state index contributed by atoms with van der Waals surface area (Å²) in [5, 5.41) is 2.65. The maximum Gasteiger partial charge on any atom is 0.529 e. The Labute approximate surface area is 64.0 Å². The zero-order chi connectivity index (χ0) is 9.35. The number of hydrogen-bond donors (Lipinski definition) is 0. The van der Waals surface area contributed by atoms with Gasteiger partial charge in [-0.2, -0.15) is 8.78 Å². The molecule has 1 rings (SSSR count). The van der Waals surface area contributed by atoms with E-state index in [1.807, 2.05) is 0 Å². The Hall–Kier alpha value is -1.08. The summed E-state index contributed by atoms with van der Waals surface area (Å²) in [6.07, 6.45) is 0.592. The molecular weight excluding hydrogens is 182 g/mol. The third kappa shape index (κ3) is 1.74. The van der Waals surface area contributed by atoms with Gasteiger partial charge in [0, 0.05) is 11.8 Å². The van der Waals surface area contributed by atoms with Crippen molar-refractivity contribution in [1.82, 2.24) is 9.78 Å². The first-order chi connectivity index (χ1) is 5.41. The molecule has 1 heterocycles. The van der Waals surface area contributed by atoms with Crippen LogP contribution in [0.5, 0.6) is 0 Å². The third-order valence-corrected chi connectivity index (χ3v) is 1.16. The third-order valence-electron chi connectivity index (χ3n) is 1.16. The van der Waals surface area contributed by atoms with Crippen LogP contribution in [-0.4, -0.2) is 16.8 Å². The largest absolute Gasteiger partial charge is 0.529 e. The van der Waals surface area contributed by atoms with Gasteiger partial charge in [-0.3, -0.25) is 0 Å². The minimum Gasteiger partial charge on any atom is -0.444 e. The standard InChI is InChI=1S/C4H3BF5N2/c6-4(7)12-2-1-3(11-12)5(8,9)10/h1-2,4H/q-1. The fourth-order valence-electron chi connectivity index (χ4n) is 0.636. The Morgan fingerprint density at radius 1 is 1.33 bits per heavy atom. The summed E-state index contributed by atoms with van der Waals surface area (Å²) in [7, 11) is 0. The Balaban J connectivity index is 2.92. The fraction of sp³-hybridized carbons (Fsp3) is 0.250. The van der Waals surface area contributed by atoms with Crippen LogP contribution in [0.4, 0.5) is 21.7 Å². The van der Waals surface area contributed by atoms with Crippen LogP contribution in [0.1, 0.15) is 6.55 Å². The number of hydrogen-bond acceptors (Lipinski definition) is 1. The minimum atomic E-state index is -5.28. The van der Waals surface area contributed by atoms with E-state index >= 15 is 0 Å². The van der Waals surface area contributed by atoms with Crippen LogP contribution >= 0.6 is 0 Å². The van der Waals surface area contributed by atoms with Crippen molar-refractivity contribution in [2.24, 2.45) is 0 Å². The van der Waals surface area contributed by atoms with E-state index in [0.29, 0.717) is 12.3 Å². The van der Waals surface area contributed by atoms with Gasteiger partial charge in [-0.25, -0.2) is 9.78 Å². The average molecular weight is 185 g/mol. The van der Waals surface area contributed by atoms with E-state index in [2.05, 4.69) is 5.10 Å². The number of rotatable bonds is 2. The van der Waals surface area contributed by atoms with Crippen molar-refractivity contribution in [2.75, 3.05) is 0 Å². The topological polar surface area (TPSA) is 17.8 Å². The first-order valence-electron chi connectivity index (χ1n) is 2.94. The fourth-order valence-corrected chi connectivity index (χ4v) is 0.636. The molecule has 0 aliphatic carbocycles. The second-order valence-electron chi connectivity index (χ2n) is 2.07. The highest BCUT2D eigenvalue weighted by molar-refractivity contribution is 6.72. The van der Waals surface area contributed by atoms with Gasteiger partial charge in [0.2, 0.25) is 0 Å². The smallest absolute Gasteiger partial charge is 0.444 e. The first-order valence-corrected chi connectivity index (χ1v) is 2.94. The Kier molecular flexibility index (Phi) is 2.07. The second-order valence-corrected chi connectivity index (χ2v) is 2.07. The van der Waals surface area contributed by atoms with Crippen LogP contribution in [0.3, 0.4) is 0 Å². The van der Waals surface area contributed by atoms with Crippen LogP contribution in [0.15, 0.2) is 12.3 Å². The Morgan fingerprint density at radius 2 is 1.92 bits per heavy atom. The molecule has 0 fully saturated rings. The normalized spacial score (nSPS) is 12.5. The summed E-state index contributed by atoms with van der Waals surface area (Å²) in [6, 6.07) is 0.520. The van der Waals surface area contributed by atoms with E-state index in [1.54, 1.807) is 0 Å². The highest BCUT2D eigenvalue weighted by atomic mass is 19.4. The molecule has 0 aliphatic rings. The summed E-state index contributed by atoms with van der Waals surface area (Å²) in [6.45, 7) is -8.31. The molecule has 0 aromatic carbocycles. The van der Waals surface area contributed by atoms with E-state index in [1.165, 1.54) is 0 Å². The molecule has 0 atom stereocenters. The lowest BCUT2D eigenvalue weighted by molar-refractivity contribution is 0.0569. The lowest BCUT2D eigenvalue weighted by atomic mass is 9.87. The van der Waals surface area contributed by atoms with Gasteiger partial charge in [-0.1, -0.05) is 6.07 Å². The van der Waals surface area contributed by atoms with Crippen molar-refractivity contribution in [3.8, 4) is 0 Å². The molecule has 0 unspecified atom stereocenters. The molecule has 0 aliphatic heterocycles. The molecular formula is C4H3BF5N2-. The monoisotopic (exact) mass is 185 g/mol. The SMILES string of the molecule is FC(F)n1ccc([B-](F)(F)F)n1. The first kappa shape index (κ1) is 9.02. The van der Waals surface area contributed by atoms with Crippen molar-refractivity contribution in [1.29, 1.82) is 0 Å². The van der Waals surface area contributed by atoms with Crippen molar-refractivity contribution in [2.45, 2.75) is 6.55 Å². The number of alkyl halides is 2. The number of aromatic nitrogens is 2. The van der Waals surface area contributed by atoms with Crippen LogP contribution in [0.2, 0.25) is 0 Å². The molecule has 0 saturated carbocycles. The molecule has 0 spiro atoms. The maximum absolute atomic E-state index is 11.8. The molecule has 0 saturated heterocycles. The predicted molar refractivity (Wildman–Crippen MR) is 32.2 cm³/mol. The highest BCUT2D eigenvalue weighted by Gasteiger charge is 2.29. The van der Waals surface area contributed by atoms with Gasteiger partial charge >= 0.3 is 13.5 Å². The van der Waals surface area contributed by atoms with E-state index in [9.17, 15) is 21.7 Å². The van der Waals surface area contributed by atoms with Gasteiger partial charge < -0.3 is 12.9 Å². The van der Waals surface area contributed by atoms with Gasteiger partial charge in [-0.15, -0.1) is 0 Å². The van der Waals surface area contributed by atoms with Crippen molar-refractivity contribution in [3.05, 3.63) is 12.3 Å². The van der Waals surface area contributed by atoms with Gasteiger partial charge in [0.15, 0.2) is 0 Å². The van der Waals surface area contributed by atoms with Crippen LogP contribution < -0.4 is 5.59 Å². The molecule has 0 bridgehead atoms. The Morgan fingerprint density at radius 3 is 2.17 bits per heavy atom. The molecule has 12 heavy (non-hydrogen) atoms. The summed E-state index contributed by atoms with van der Waals surface area (Å²) in [5.41, 5.74) is -1.25. The molecule has 2 nitrogen and oxygen atoms in total. The average Bonchev–Trinajstić information content (AvgIpc) is 2.30. The molecule has 1 aromatic rings. The van der Waals surface area contributed by atoms with Crippen LogP contribution in [0, 0.1) is 0 Å². The Bertz CT molecular complexity index is 267. The van der Waals surface area contributed by atoms with Gasteiger partial charge in [0.1, 0.15) is 0 Å².